The molecule has 0 unspecified atom stereocenters. The summed E-state index contributed by atoms with van der Waals surface area (Å²) in [6, 6.07) is 5.45. The topological polar surface area (TPSA) is 93.7 Å². The van der Waals surface area contributed by atoms with Gasteiger partial charge in [-0.2, -0.15) is 13.8 Å². The molecule has 1 aliphatic carbocycles. The van der Waals surface area contributed by atoms with E-state index >= 15 is 0 Å². The Labute approximate surface area is 234 Å². The zero-order chi connectivity index (χ0) is 28.4. The lowest BCUT2D eigenvalue weighted by Crippen LogP contribution is -2.49. The lowest BCUT2D eigenvalue weighted by Gasteiger charge is -2.35. The molecule has 1 saturated heterocycles. The van der Waals surface area contributed by atoms with Gasteiger partial charge >= 0.3 is 5.92 Å². The molecule has 0 radical (unpaired) electrons. The summed E-state index contributed by atoms with van der Waals surface area (Å²) in [5.74, 6) is -4.30. The highest BCUT2D eigenvalue weighted by molar-refractivity contribution is 6.02. The molecule has 0 bridgehead atoms. The van der Waals surface area contributed by atoms with Crippen LogP contribution in [0.4, 0.5) is 31.9 Å². The molecule has 5 rings (SSSR count). The van der Waals surface area contributed by atoms with Crippen LogP contribution in [-0.4, -0.2) is 77.9 Å². The molecule has 11 heteroatoms. The van der Waals surface area contributed by atoms with Crippen molar-refractivity contribution >= 4 is 35.0 Å². The standard InChI is InChI=1S/C29H39F2N7O2/c1-4-37-14-12-21(13-15-37)33-26(39)20-10-11-23(19(2)16-20)34-28-32-17-24-25(35-28)38(22-8-6-5-7-9-22)18-29(30,31)27(40)36(24)3/h10-11,16-17,21-22H,4-9,12-15,18H2,1-3H3,(H,33,39)(H,32,34,35). The molecule has 3 aliphatic rings. The number of aryl methyl sites for hydroxylation is 1. The number of rotatable bonds is 6. The van der Waals surface area contributed by atoms with Crippen LogP contribution in [0.1, 0.15) is 67.8 Å². The Kier molecular flexibility index (Phi) is 8.21. The lowest BCUT2D eigenvalue weighted by molar-refractivity contribution is -0.140. The molecule has 1 aromatic carbocycles. The van der Waals surface area contributed by atoms with Gasteiger partial charge in [0.05, 0.1) is 12.7 Å². The summed E-state index contributed by atoms with van der Waals surface area (Å²) in [5, 5.41) is 6.35. The molecule has 0 spiro atoms. The Morgan fingerprint density at radius 2 is 1.85 bits per heavy atom. The van der Waals surface area contributed by atoms with Gasteiger partial charge in [-0.05, 0) is 62.9 Å². The average molecular weight is 556 g/mol. The van der Waals surface area contributed by atoms with E-state index in [1.807, 2.05) is 19.1 Å². The molecule has 2 fully saturated rings. The van der Waals surface area contributed by atoms with Gasteiger partial charge in [0.15, 0.2) is 5.82 Å². The summed E-state index contributed by atoms with van der Waals surface area (Å²) in [7, 11) is 1.34. The van der Waals surface area contributed by atoms with Gasteiger partial charge in [0, 0.05) is 43.5 Å². The number of halogens is 2. The van der Waals surface area contributed by atoms with Gasteiger partial charge in [-0.25, -0.2) is 4.98 Å². The molecule has 40 heavy (non-hydrogen) atoms. The van der Waals surface area contributed by atoms with E-state index in [9.17, 15) is 18.4 Å². The first-order valence-corrected chi connectivity index (χ1v) is 14.4. The number of alkyl halides is 2. The second-order valence-electron chi connectivity index (χ2n) is 11.2. The number of fused-ring (bicyclic) bond motifs is 1. The fourth-order valence-electron chi connectivity index (χ4n) is 6.01. The summed E-state index contributed by atoms with van der Waals surface area (Å²) in [6.07, 6.45) is 7.87. The Morgan fingerprint density at radius 3 is 2.52 bits per heavy atom. The Balaban J connectivity index is 1.35. The molecule has 1 saturated carbocycles. The maximum absolute atomic E-state index is 14.9. The van der Waals surface area contributed by atoms with E-state index < -0.39 is 18.4 Å². The molecule has 2 aromatic rings. The van der Waals surface area contributed by atoms with Gasteiger partial charge in [0.1, 0.15) is 5.69 Å². The van der Waals surface area contributed by atoms with E-state index in [4.69, 9.17) is 0 Å². The van der Waals surface area contributed by atoms with Crippen LogP contribution < -0.4 is 20.4 Å². The van der Waals surface area contributed by atoms with Crippen LogP contribution >= 0.6 is 0 Å². The van der Waals surface area contributed by atoms with Crippen molar-refractivity contribution in [1.82, 2.24) is 20.2 Å². The first kappa shape index (κ1) is 28.2. The predicted molar refractivity (Wildman–Crippen MR) is 152 cm³/mol. The molecule has 2 aliphatic heterocycles. The van der Waals surface area contributed by atoms with Gasteiger partial charge in [0.2, 0.25) is 5.95 Å². The summed E-state index contributed by atoms with van der Waals surface area (Å²) >= 11 is 0. The van der Waals surface area contributed by atoms with Crippen molar-refractivity contribution < 1.29 is 18.4 Å². The maximum atomic E-state index is 14.9. The van der Waals surface area contributed by atoms with Crippen molar-refractivity contribution in [2.75, 3.05) is 48.3 Å². The van der Waals surface area contributed by atoms with Crippen LogP contribution in [0.5, 0.6) is 0 Å². The van der Waals surface area contributed by atoms with Gasteiger partial charge in [-0.3, -0.25) is 9.59 Å². The zero-order valence-corrected chi connectivity index (χ0v) is 23.6. The van der Waals surface area contributed by atoms with Crippen molar-refractivity contribution in [3.63, 3.8) is 0 Å². The number of likely N-dealkylation sites (tertiary alicyclic amines) is 1. The summed E-state index contributed by atoms with van der Waals surface area (Å²) < 4.78 is 29.9. The normalized spacial score (nSPS) is 20.7. The molecular weight excluding hydrogens is 516 g/mol. The van der Waals surface area contributed by atoms with E-state index in [0.29, 0.717) is 17.1 Å². The predicted octanol–water partition coefficient (Wildman–Crippen LogP) is 4.49. The number of amides is 2. The van der Waals surface area contributed by atoms with Crippen LogP contribution in [-0.2, 0) is 4.79 Å². The quantitative estimate of drug-likeness (QED) is 0.542. The minimum Gasteiger partial charge on any atom is -0.349 e. The first-order valence-electron chi connectivity index (χ1n) is 14.4. The van der Waals surface area contributed by atoms with E-state index in [1.165, 1.54) is 13.2 Å². The molecule has 216 valence electrons. The number of piperidine rings is 1. The summed E-state index contributed by atoms with van der Waals surface area (Å²) in [5.41, 5.74) is 2.39. The minimum absolute atomic E-state index is 0.0948. The smallest absolute Gasteiger partial charge is 0.342 e. The van der Waals surface area contributed by atoms with Crippen LogP contribution in [0.2, 0.25) is 0 Å². The molecular formula is C29H39F2N7O2. The van der Waals surface area contributed by atoms with Gasteiger partial charge in [-0.1, -0.05) is 26.2 Å². The fourth-order valence-corrected chi connectivity index (χ4v) is 6.01. The molecule has 0 atom stereocenters. The van der Waals surface area contributed by atoms with Crippen LogP contribution in [0.15, 0.2) is 24.4 Å². The summed E-state index contributed by atoms with van der Waals surface area (Å²) in [6.45, 7) is 6.35. The fraction of sp³-hybridized carbons (Fsp3) is 0.586. The molecule has 2 N–H and O–H groups in total. The highest BCUT2D eigenvalue weighted by Crippen LogP contribution is 2.39. The van der Waals surface area contributed by atoms with E-state index in [1.54, 1.807) is 11.0 Å². The monoisotopic (exact) mass is 555 g/mol. The minimum atomic E-state index is -3.53. The number of carbonyl (C=O) groups excluding carboxylic acids is 2. The van der Waals surface area contributed by atoms with Crippen molar-refractivity contribution in [2.24, 2.45) is 0 Å². The van der Waals surface area contributed by atoms with Crippen molar-refractivity contribution in [3.8, 4) is 0 Å². The van der Waals surface area contributed by atoms with Crippen LogP contribution in [0.25, 0.3) is 0 Å². The van der Waals surface area contributed by atoms with Gasteiger partial charge in [0.25, 0.3) is 11.8 Å². The highest BCUT2D eigenvalue weighted by Gasteiger charge is 2.48. The Bertz CT molecular complexity index is 1240. The third-order valence-corrected chi connectivity index (χ3v) is 8.49. The molecule has 9 nitrogen and oxygen atoms in total. The number of nitrogens with zero attached hydrogens (tertiary/aromatic N) is 5. The van der Waals surface area contributed by atoms with Crippen LogP contribution in [0.3, 0.4) is 0 Å². The number of hydrogen-bond acceptors (Lipinski definition) is 7. The third-order valence-electron chi connectivity index (χ3n) is 8.49. The summed E-state index contributed by atoms with van der Waals surface area (Å²) in [4.78, 5) is 39.4. The first-order chi connectivity index (χ1) is 19.2. The number of benzene rings is 1. The average Bonchev–Trinajstić information content (AvgIpc) is 3.03. The Morgan fingerprint density at radius 1 is 1.12 bits per heavy atom. The SMILES string of the molecule is CCN1CCC(NC(=O)c2ccc(Nc3ncc4c(n3)N(C3CCCCC3)CC(F)(F)C(=O)N4C)c(C)c2)CC1. The Hall–Kier alpha value is -3.34. The van der Waals surface area contributed by atoms with E-state index in [2.05, 4.69) is 32.4 Å². The largest absolute Gasteiger partial charge is 0.349 e. The number of aromatic nitrogens is 2. The van der Waals surface area contributed by atoms with Gasteiger partial charge < -0.3 is 25.3 Å². The highest BCUT2D eigenvalue weighted by atomic mass is 19.3. The number of anilines is 4. The van der Waals surface area contributed by atoms with Crippen LogP contribution in [0, 0.1) is 6.92 Å². The van der Waals surface area contributed by atoms with Crippen molar-refractivity contribution in [3.05, 3.63) is 35.5 Å². The lowest BCUT2D eigenvalue weighted by atomic mass is 9.94. The van der Waals surface area contributed by atoms with E-state index in [-0.39, 0.29) is 29.6 Å². The molecule has 1 aromatic heterocycles. The molecule has 3 heterocycles. The second-order valence-corrected chi connectivity index (χ2v) is 11.2. The van der Waals surface area contributed by atoms with E-state index in [0.717, 1.165) is 75.0 Å². The molecule has 2 amide bonds. The third kappa shape index (κ3) is 5.89. The number of nitrogens with one attached hydrogen (secondary N) is 2. The second kappa shape index (κ2) is 11.6. The van der Waals surface area contributed by atoms with Gasteiger partial charge in [-0.15, -0.1) is 0 Å². The zero-order valence-electron chi connectivity index (χ0n) is 23.6. The van der Waals surface area contributed by atoms with Crippen molar-refractivity contribution in [1.29, 1.82) is 0 Å². The number of hydrogen-bond donors (Lipinski definition) is 2. The van der Waals surface area contributed by atoms with Crippen molar-refractivity contribution in [2.45, 2.75) is 76.8 Å². The number of carbonyl (C=O) groups is 2. The maximum Gasteiger partial charge on any atom is 0.342 e.